The summed E-state index contributed by atoms with van der Waals surface area (Å²) in [4.78, 5) is 0. The van der Waals surface area contributed by atoms with Crippen LogP contribution in [-0.2, 0) is 12.8 Å². The van der Waals surface area contributed by atoms with Gasteiger partial charge in [0.25, 0.3) is 0 Å². The Labute approximate surface area is 152 Å². The summed E-state index contributed by atoms with van der Waals surface area (Å²) in [6, 6.07) is 9.42. The quantitative estimate of drug-likeness (QED) is 0.465. The summed E-state index contributed by atoms with van der Waals surface area (Å²) in [6.07, 6.45) is 4.38. The van der Waals surface area contributed by atoms with Crippen molar-refractivity contribution < 1.29 is 20.4 Å². The molecule has 2 atom stereocenters. The maximum Gasteiger partial charge on any atom is 0.157 e. The Balaban J connectivity index is 1.89. The molecule has 0 heterocycles. The summed E-state index contributed by atoms with van der Waals surface area (Å²) < 4.78 is 0. The number of phenols is 4. The molecule has 8 N–H and O–H groups in total. The SMILES string of the molecule is NC1(Cc2ccc(O)c(O)c2)CCCCC1(N)Cc1ccc(O)c(O)c1. The molecule has 0 saturated heterocycles. The lowest BCUT2D eigenvalue weighted by Crippen LogP contribution is -2.69. The predicted octanol–water partition coefficient (Wildman–Crippen LogP) is 2.26. The normalized spacial score (nSPS) is 25.9. The van der Waals surface area contributed by atoms with E-state index in [2.05, 4.69) is 0 Å². The topological polar surface area (TPSA) is 133 Å². The molecule has 2 aromatic carbocycles. The van der Waals surface area contributed by atoms with Gasteiger partial charge in [0.05, 0.1) is 0 Å². The Morgan fingerprint density at radius 2 is 1.04 bits per heavy atom. The van der Waals surface area contributed by atoms with Crippen LogP contribution in [0, 0.1) is 0 Å². The van der Waals surface area contributed by atoms with E-state index in [1.807, 2.05) is 0 Å². The van der Waals surface area contributed by atoms with E-state index >= 15 is 0 Å². The first-order chi connectivity index (χ1) is 12.2. The van der Waals surface area contributed by atoms with Crippen LogP contribution in [0.15, 0.2) is 36.4 Å². The van der Waals surface area contributed by atoms with Gasteiger partial charge in [-0.3, -0.25) is 0 Å². The van der Waals surface area contributed by atoms with E-state index < -0.39 is 11.1 Å². The zero-order valence-electron chi connectivity index (χ0n) is 14.7. The van der Waals surface area contributed by atoms with Gasteiger partial charge in [-0.25, -0.2) is 0 Å². The summed E-state index contributed by atoms with van der Waals surface area (Å²) in [6.45, 7) is 0. The van der Waals surface area contributed by atoms with Crippen LogP contribution in [0.1, 0.15) is 36.8 Å². The molecule has 2 unspecified atom stereocenters. The highest BCUT2D eigenvalue weighted by molar-refractivity contribution is 5.43. The Hall–Kier alpha value is -2.44. The van der Waals surface area contributed by atoms with Gasteiger partial charge in [-0.1, -0.05) is 25.0 Å². The number of aromatic hydroxyl groups is 4. The molecule has 6 heteroatoms. The van der Waals surface area contributed by atoms with Crippen LogP contribution in [0.3, 0.4) is 0 Å². The molecule has 0 amide bonds. The van der Waals surface area contributed by atoms with Crippen molar-refractivity contribution >= 4 is 0 Å². The smallest absolute Gasteiger partial charge is 0.157 e. The Bertz CT molecular complexity index is 743. The fourth-order valence-electron chi connectivity index (χ4n) is 3.99. The molecule has 0 spiro atoms. The highest BCUT2D eigenvalue weighted by Crippen LogP contribution is 2.40. The van der Waals surface area contributed by atoms with Crippen molar-refractivity contribution in [2.75, 3.05) is 0 Å². The second-order valence-electron chi connectivity index (χ2n) is 7.52. The van der Waals surface area contributed by atoms with Crippen LogP contribution in [0.2, 0.25) is 0 Å². The van der Waals surface area contributed by atoms with Gasteiger partial charge >= 0.3 is 0 Å². The van der Waals surface area contributed by atoms with Crippen molar-refractivity contribution in [3.05, 3.63) is 47.5 Å². The minimum atomic E-state index is -0.692. The largest absolute Gasteiger partial charge is 0.504 e. The van der Waals surface area contributed by atoms with E-state index in [1.54, 1.807) is 12.1 Å². The fraction of sp³-hybridized carbons (Fsp3) is 0.400. The molecule has 0 aliphatic heterocycles. The van der Waals surface area contributed by atoms with Gasteiger partial charge in [0.15, 0.2) is 23.0 Å². The van der Waals surface area contributed by atoms with Gasteiger partial charge < -0.3 is 31.9 Å². The van der Waals surface area contributed by atoms with E-state index in [1.165, 1.54) is 24.3 Å². The summed E-state index contributed by atoms with van der Waals surface area (Å²) in [5.74, 6) is -0.676. The average molecular weight is 358 g/mol. The first kappa shape index (κ1) is 18.4. The molecule has 140 valence electrons. The second kappa shape index (κ2) is 6.70. The van der Waals surface area contributed by atoms with E-state index in [0.717, 1.165) is 36.8 Å². The van der Waals surface area contributed by atoms with Gasteiger partial charge in [0.1, 0.15) is 0 Å². The molecule has 1 saturated carbocycles. The van der Waals surface area contributed by atoms with Gasteiger partial charge in [0, 0.05) is 11.1 Å². The van der Waals surface area contributed by atoms with E-state index in [0.29, 0.717) is 12.8 Å². The number of hydrogen-bond acceptors (Lipinski definition) is 6. The molecule has 3 rings (SSSR count). The highest BCUT2D eigenvalue weighted by Gasteiger charge is 2.47. The van der Waals surface area contributed by atoms with Crippen LogP contribution in [0.25, 0.3) is 0 Å². The first-order valence-corrected chi connectivity index (χ1v) is 8.82. The lowest BCUT2D eigenvalue weighted by atomic mass is 9.63. The van der Waals surface area contributed by atoms with Crippen molar-refractivity contribution in [3.8, 4) is 23.0 Å². The predicted molar refractivity (Wildman–Crippen MR) is 99.3 cm³/mol. The molecule has 1 aliphatic carbocycles. The Morgan fingerprint density at radius 3 is 1.38 bits per heavy atom. The molecule has 2 aromatic rings. The summed E-state index contributed by atoms with van der Waals surface area (Å²) >= 11 is 0. The van der Waals surface area contributed by atoms with Crippen molar-refractivity contribution in [1.29, 1.82) is 0 Å². The van der Waals surface area contributed by atoms with Gasteiger partial charge in [-0.05, 0) is 61.1 Å². The number of benzene rings is 2. The summed E-state index contributed by atoms with van der Waals surface area (Å²) in [7, 11) is 0. The van der Waals surface area contributed by atoms with Crippen molar-refractivity contribution in [2.24, 2.45) is 11.5 Å². The molecule has 0 aromatic heterocycles. The van der Waals surface area contributed by atoms with E-state index in [9.17, 15) is 20.4 Å². The molecule has 6 nitrogen and oxygen atoms in total. The van der Waals surface area contributed by atoms with Crippen molar-refractivity contribution in [3.63, 3.8) is 0 Å². The standard InChI is InChI=1S/C20H26N2O4/c21-19(11-13-3-5-15(23)17(25)9-13)7-1-2-8-20(19,22)12-14-4-6-16(24)18(26)10-14/h3-6,9-10,23-26H,1-2,7-8,11-12,21-22H2. The van der Waals surface area contributed by atoms with Gasteiger partial charge in [-0.15, -0.1) is 0 Å². The molecule has 0 bridgehead atoms. The lowest BCUT2D eigenvalue weighted by molar-refractivity contribution is 0.145. The van der Waals surface area contributed by atoms with Crippen LogP contribution in [0.4, 0.5) is 0 Å². The lowest BCUT2D eigenvalue weighted by Gasteiger charge is -2.50. The minimum absolute atomic E-state index is 0.165. The van der Waals surface area contributed by atoms with Crippen LogP contribution < -0.4 is 11.5 Å². The molecular formula is C20H26N2O4. The van der Waals surface area contributed by atoms with Crippen LogP contribution >= 0.6 is 0 Å². The number of phenolic OH excluding ortho intramolecular Hbond substituents is 4. The third-order valence-corrected chi connectivity index (χ3v) is 5.61. The molecule has 1 fully saturated rings. The van der Waals surface area contributed by atoms with Crippen molar-refractivity contribution in [1.82, 2.24) is 0 Å². The third kappa shape index (κ3) is 3.43. The Kier molecular flexibility index (Phi) is 4.73. The average Bonchev–Trinajstić information content (AvgIpc) is 2.58. The molecular weight excluding hydrogens is 332 g/mol. The van der Waals surface area contributed by atoms with E-state index in [-0.39, 0.29) is 23.0 Å². The van der Waals surface area contributed by atoms with Crippen LogP contribution in [-0.4, -0.2) is 31.5 Å². The summed E-state index contributed by atoms with van der Waals surface area (Å²) in [5, 5.41) is 38.5. The zero-order chi connectivity index (χ0) is 18.9. The second-order valence-corrected chi connectivity index (χ2v) is 7.52. The Morgan fingerprint density at radius 1 is 0.654 bits per heavy atom. The number of nitrogens with two attached hydrogens (primary N) is 2. The van der Waals surface area contributed by atoms with Gasteiger partial charge in [0.2, 0.25) is 0 Å². The molecule has 1 aliphatic rings. The number of rotatable bonds is 4. The molecule has 0 radical (unpaired) electrons. The highest BCUT2D eigenvalue weighted by atomic mass is 16.3. The number of hydrogen-bond donors (Lipinski definition) is 6. The fourth-order valence-corrected chi connectivity index (χ4v) is 3.99. The van der Waals surface area contributed by atoms with E-state index in [4.69, 9.17) is 11.5 Å². The minimum Gasteiger partial charge on any atom is -0.504 e. The molecule has 26 heavy (non-hydrogen) atoms. The third-order valence-electron chi connectivity index (χ3n) is 5.61. The monoisotopic (exact) mass is 358 g/mol. The zero-order valence-corrected chi connectivity index (χ0v) is 14.7. The van der Waals surface area contributed by atoms with Gasteiger partial charge in [-0.2, -0.15) is 0 Å². The first-order valence-electron chi connectivity index (χ1n) is 8.82. The van der Waals surface area contributed by atoms with Crippen molar-refractivity contribution in [2.45, 2.75) is 49.6 Å². The maximum absolute atomic E-state index is 9.76. The van der Waals surface area contributed by atoms with Crippen LogP contribution in [0.5, 0.6) is 23.0 Å². The summed E-state index contributed by atoms with van der Waals surface area (Å²) in [5.41, 5.74) is 13.8. The maximum atomic E-state index is 9.76.